The number of halogens is 1. The van der Waals surface area contributed by atoms with Gasteiger partial charge < -0.3 is 15.2 Å². The Hall–Kier alpha value is -0.970. The van der Waals surface area contributed by atoms with Gasteiger partial charge in [0.25, 0.3) is 0 Å². The fraction of sp³-hybridized carbons (Fsp3) is 0.571. The SMILES string of the molecule is OC(CNCCC1CCOC1)c1cccc(F)c1. The van der Waals surface area contributed by atoms with Gasteiger partial charge in [-0.3, -0.25) is 0 Å². The van der Waals surface area contributed by atoms with Crippen molar-refractivity contribution in [3.63, 3.8) is 0 Å². The van der Waals surface area contributed by atoms with Crippen LogP contribution in [0.1, 0.15) is 24.5 Å². The summed E-state index contributed by atoms with van der Waals surface area (Å²) in [5.41, 5.74) is 0.617. The number of rotatable bonds is 6. The molecule has 0 bridgehead atoms. The van der Waals surface area contributed by atoms with Gasteiger partial charge >= 0.3 is 0 Å². The second kappa shape index (κ2) is 6.83. The lowest BCUT2D eigenvalue weighted by Crippen LogP contribution is -2.24. The highest BCUT2D eigenvalue weighted by Gasteiger charge is 2.15. The van der Waals surface area contributed by atoms with Crippen molar-refractivity contribution in [2.24, 2.45) is 5.92 Å². The largest absolute Gasteiger partial charge is 0.387 e. The maximum atomic E-state index is 13.0. The smallest absolute Gasteiger partial charge is 0.123 e. The van der Waals surface area contributed by atoms with Gasteiger partial charge in [0.15, 0.2) is 0 Å². The first-order valence-electron chi connectivity index (χ1n) is 6.47. The van der Waals surface area contributed by atoms with Crippen LogP contribution < -0.4 is 5.32 Å². The minimum absolute atomic E-state index is 0.311. The predicted octanol–water partition coefficient (Wildman–Crippen LogP) is 1.88. The van der Waals surface area contributed by atoms with E-state index in [0.29, 0.717) is 18.0 Å². The molecule has 1 aromatic carbocycles. The first-order chi connectivity index (χ1) is 8.75. The van der Waals surface area contributed by atoms with Crippen molar-refractivity contribution >= 4 is 0 Å². The number of hydrogen-bond acceptors (Lipinski definition) is 3. The summed E-state index contributed by atoms with van der Waals surface area (Å²) >= 11 is 0. The molecule has 0 aliphatic carbocycles. The Morgan fingerprint density at radius 1 is 1.50 bits per heavy atom. The standard InChI is InChI=1S/C14H20FNO2/c15-13-3-1-2-12(8-13)14(17)9-16-6-4-11-5-7-18-10-11/h1-3,8,11,14,16-17H,4-7,9-10H2. The van der Waals surface area contributed by atoms with E-state index in [0.717, 1.165) is 32.6 Å². The van der Waals surface area contributed by atoms with Crippen molar-refractivity contribution in [1.29, 1.82) is 0 Å². The van der Waals surface area contributed by atoms with Gasteiger partial charge in [-0.25, -0.2) is 4.39 Å². The molecule has 2 unspecified atom stereocenters. The van der Waals surface area contributed by atoms with Gasteiger partial charge in [0.2, 0.25) is 0 Å². The molecule has 1 heterocycles. The molecule has 0 amide bonds. The molecule has 1 aromatic rings. The molecule has 1 aliphatic heterocycles. The second-order valence-corrected chi connectivity index (χ2v) is 4.79. The van der Waals surface area contributed by atoms with Crippen LogP contribution in [0.15, 0.2) is 24.3 Å². The van der Waals surface area contributed by atoms with Gasteiger partial charge in [-0.2, -0.15) is 0 Å². The summed E-state index contributed by atoms with van der Waals surface area (Å²) in [6, 6.07) is 6.10. The highest BCUT2D eigenvalue weighted by molar-refractivity contribution is 5.18. The summed E-state index contributed by atoms with van der Waals surface area (Å²) in [7, 11) is 0. The van der Waals surface area contributed by atoms with Crippen LogP contribution in [0.5, 0.6) is 0 Å². The first kappa shape index (κ1) is 13.5. The Bertz CT molecular complexity index is 367. The van der Waals surface area contributed by atoms with Crippen molar-refractivity contribution < 1.29 is 14.2 Å². The van der Waals surface area contributed by atoms with Crippen LogP contribution in [0.2, 0.25) is 0 Å². The van der Waals surface area contributed by atoms with E-state index in [4.69, 9.17) is 4.74 Å². The lowest BCUT2D eigenvalue weighted by atomic mass is 10.1. The normalized spacial score (nSPS) is 21.1. The average Bonchev–Trinajstić information content (AvgIpc) is 2.87. The molecule has 100 valence electrons. The summed E-state index contributed by atoms with van der Waals surface area (Å²) in [6.07, 6.45) is 1.55. The minimum Gasteiger partial charge on any atom is -0.387 e. The van der Waals surface area contributed by atoms with Crippen LogP contribution in [-0.4, -0.2) is 31.4 Å². The van der Waals surface area contributed by atoms with Crippen LogP contribution in [0, 0.1) is 11.7 Å². The van der Waals surface area contributed by atoms with Crippen molar-refractivity contribution in [2.75, 3.05) is 26.3 Å². The summed E-state index contributed by atoms with van der Waals surface area (Å²) in [4.78, 5) is 0. The zero-order valence-corrected chi connectivity index (χ0v) is 10.4. The first-order valence-corrected chi connectivity index (χ1v) is 6.47. The lowest BCUT2D eigenvalue weighted by molar-refractivity contribution is 0.171. The van der Waals surface area contributed by atoms with Gasteiger partial charge in [-0.15, -0.1) is 0 Å². The molecule has 2 N–H and O–H groups in total. The van der Waals surface area contributed by atoms with Crippen LogP contribution in [0.3, 0.4) is 0 Å². The molecule has 0 saturated carbocycles. The number of benzene rings is 1. The Kier molecular flexibility index (Phi) is 5.11. The van der Waals surface area contributed by atoms with Crippen LogP contribution in [-0.2, 0) is 4.74 Å². The molecule has 1 aliphatic rings. The zero-order valence-electron chi connectivity index (χ0n) is 10.4. The fourth-order valence-electron chi connectivity index (χ4n) is 2.19. The van der Waals surface area contributed by atoms with Gasteiger partial charge in [0.1, 0.15) is 5.82 Å². The van der Waals surface area contributed by atoms with Gasteiger partial charge in [-0.05, 0) is 43.0 Å². The Morgan fingerprint density at radius 3 is 3.11 bits per heavy atom. The number of ether oxygens (including phenoxy) is 1. The van der Waals surface area contributed by atoms with E-state index >= 15 is 0 Å². The van der Waals surface area contributed by atoms with Gasteiger partial charge in [-0.1, -0.05) is 12.1 Å². The average molecular weight is 253 g/mol. The number of aliphatic hydroxyl groups is 1. The van der Waals surface area contributed by atoms with E-state index in [1.165, 1.54) is 12.1 Å². The third kappa shape index (κ3) is 4.05. The van der Waals surface area contributed by atoms with Crippen molar-refractivity contribution in [2.45, 2.75) is 18.9 Å². The second-order valence-electron chi connectivity index (χ2n) is 4.79. The van der Waals surface area contributed by atoms with Crippen LogP contribution in [0.25, 0.3) is 0 Å². The summed E-state index contributed by atoms with van der Waals surface area (Å²) in [6.45, 7) is 3.04. The molecule has 3 nitrogen and oxygen atoms in total. The summed E-state index contributed by atoms with van der Waals surface area (Å²) in [5, 5.41) is 13.1. The number of nitrogens with one attached hydrogen (secondary N) is 1. The molecular formula is C14H20FNO2. The summed E-state index contributed by atoms with van der Waals surface area (Å²) in [5.74, 6) is 0.332. The molecule has 2 rings (SSSR count). The quantitative estimate of drug-likeness (QED) is 0.761. The third-order valence-corrected chi connectivity index (χ3v) is 3.32. The molecule has 1 saturated heterocycles. The fourth-order valence-corrected chi connectivity index (χ4v) is 2.19. The van der Waals surface area contributed by atoms with Crippen molar-refractivity contribution in [3.8, 4) is 0 Å². The molecule has 1 fully saturated rings. The zero-order chi connectivity index (χ0) is 12.8. The van der Waals surface area contributed by atoms with Crippen LogP contribution in [0.4, 0.5) is 4.39 Å². The van der Waals surface area contributed by atoms with Crippen molar-refractivity contribution in [1.82, 2.24) is 5.32 Å². The van der Waals surface area contributed by atoms with Crippen molar-refractivity contribution in [3.05, 3.63) is 35.6 Å². The number of hydrogen-bond donors (Lipinski definition) is 2. The number of aliphatic hydroxyl groups excluding tert-OH is 1. The van der Waals surface area contributed by atoms with E-state index in [9.17, 15) is 9.50 Å². The molecular weight excluding hydrogens is 233 g/mol. The molecule has 4 heteroatoms. The Morgan fingerprint density at radius 2 is 2.39 bits per heavy atom. The Labute approximate surface area is 107 Å². The molecule has 0 spiro atoms. The highest BCUT2D eigenvalue weighted by Crippen LogP contribution is 2.16. The topological polar surface area (TPSA) is 41.5 Å². The highest BCUT2D eigenvalue weighted by atomic mass is 19.1. The van der Waals surface area contributed by atoms with E-state index in [2.05, 4.69) is 5.32 Å². The lowest BCUT2D eigenvalue weighted by Gasteiger charge is -2.13. The van der Waals surface area contributed by atoms with E-state index in [-0.39, 0.29) is 5.82 Å². The Balaban J connectivity index is 1.66. The molecule has 0 aromatic heterocycles. The van der Waals surface area contributed by atoms with E-state index in [1.54, 1.807) is 12.1 Å². The molecule has 0 radical (unpaired) electrons. The predicted molar refractivity (Wildman–Crippen MR) is 67.8 cm³/mol. The van der Waals surface area contributed by atoms with Crippen LogP contribution >= 0.6 is 0 Å². The maximum absolute atomic E-state index is 13.0. The minimum atomic E-state index is -0.652. The van der Waals surface area contributed by atoms with Gasteiger partial charge in [0.05, 0.1) is 6.10 Å². The molecule has 2 atom stereocenters. The monoisotopic (exact) mass is 253 g/mol. The van der Waals surface area contributed by atoms with Gasteiger partial charge in [0, 0.05) is 19.8 Å². The van der Waals surface area contributed by atoms with E-state index < -0.39 is 6.10 Å². The summed E-state index contributed by atoms with van der Waals surface area (Å²) < 4.78 is 18.3. The van der Waals surface area contributed by atoms with E-state index in [1.807, 2.05) is 0 Å². The maximum Gasteiger partial charge on any atom is 0.123 e. The third-order valence-electron chi connectivity index (χ3n) is 3.32. The molecule has 18 heavy (non-hydrogen) atoms.